The number of hydrogen-bond donors (Lipinski definition) is 1. The fourth-order valence-corrected chi connectivity index (χ4v) is 3.04. The van der Waals surface area contributed by atoms with Gasteiger partial charge < -0.3 is 14.8 Å². The molecule has 5 heteroatoms. The summed E-state index contributed by atoms with van der Waals surface area (Å²) in [6, 6.07) is 3.73. The number of allylic oxidation sites excluding steroid dienone is 2. The van der Waals surface area contributed by atoms with Gasteiger partial charge in [-0.15, -0.1) is 0 Å². The van der Waals surface area contributed by atoms with E-state index in [1.165, 1.54) is 0 Å². The first-order chi connectivity index (χ1) is 10.7. The van der Waals surface area contributed by atoms with E-state index in [0.717, 1.165) is 31.2 Å². The zero-order chi connectivity index (χ0) is 15.4. The minimum atomic E-state index is 0.0842. The number of carbonyl (C=O) groups excluding carboxylic acids is 1. The molecular weight excluding hydrogens is 302 g/mol. The maximum absolute atomic E-state index is 12.2. The molecule has 1 amide bonds. The van der Waals surface area contributed by atoms with Crippen molar-refractivity contribution in [3.63, 3.8) is 0 Å². The van der Waals surface area contributed by atoms with Gasteiger partial charge in [0.15, 0.2) is 11.5 Å². The summed E-state index contributed by atoms with van der Waals surface area (Å²) < 4.78 is 11.3. The van der Waals surface area contributed by atoms with Crippen molar-refractivity contribution in [1.29, 1.82) is 0 Å². The molecule has 1 heterocycles. The molecular formula is C17H20ClNO3. The van der Waals surface area contributed by atoms with E-state index in [1.807, 2.05) is 12.1 Å². The number of rotatable bonds is 3. The molecule has 0 spiro atoms. The van der Waals surface area contributed by atoms with Crippen LogP contribution in [0.4, 0.5) is 0 Å². The van der Waals surface area contributed by atoms with E-state index in [2.05, 4.69) is 17.5 Å². The molecule has 0 bridgehead atoms. The number of fused-ring (bicyclic) bond motifs is 1. The van der Waals surface area contributed by atoms with Crippen molar-refractivity contribution in [2.45, 2.75) is 32.2 Å². The monoisotopic (exact) mass is 321 g/mol. The Hall–Kier alpha value is -1.68. The maximum atomic E-state index is 12.2. The van der Waals surface area contributed by atoms with Crippen molar-refractivity contribution in [1.82, 2.24) is 5.32 Å². The fraction of sp³-hybridized carbons (Fsp3) is 0.471. The molecule has 1 atom stereocenters. The van der Waals surface area contributed by atoms with Gasteiger partial charge in [0.05, 0.1) is 18.2 Å². The number of benzene rings is 1. The van der Waals surface area contributed by atoms with Gasteiger partial charge in [-0.25, -0.2) is 0 Å². The van der Waals surface area contributed by atoms with Crippen LogP contribution in [0.2, 0.25) is 5.02 Å². The molecule has 2 aliphatic rings. The van der Waals surface area contributed by atoms with E-state index < -0.39 is 0 Å². The Morgan fingerprint density at radius 3 is 2.95 bits per heavy atom. The van der Waals surface area contributed by atoms with Crippen LogP contribution in [-0.4, -0.2) is 19.1 Å². The number of halogens is 1. The van der Waals surface area contributed by atoms with E-state index in [9.17, 15) is 4.79 Å². The number of hydrogen-bond acceptors (Lipinski definition) is 3. The first-order valence-corrected chi connectivity index (χ1v) is 8.12. The summed E-state index contributed by atoms with van der Waals surface area (Å²) in [5.74, 6) is 1.45. The average Bonchev–Trinajstić information content (AvgIpc) is 2.79. The van der Waals surface area contributed by atoms with E-state index in [4.69, 9.17) is 21.1 Å². The average molecular weight is 322 g/mol. The highest BCUT2D eigenvalue weighted by Crippen LogP contribution is 2.38. The molecule has 0 fully saturated rings. The van der Waals surface area contributed by atoms with Gasteiger partial charge in [-0.05, 0) is 37.0 Å². The third kappa shape index (κ3) is 3.55. The summed E-state index contributed by atoms with van der Waals surface area (Å²) >= 11 is 6.26. The quantitative estimate of drug-likeness (QED) is 0.867. The molecule has 0 saturated heterocycles. The van der Waals surface area contributed by atoms with Gasteiger partial charge in [0.25, 0.3) is 0 Å². The lowest BCUT2D eigenvalue weighted by atomic mass is 9.93. The Kier molecular flexibility index (Phi) is 4.88. The molecule has 0 saturated carbocycles. The van der Waals surface area contributed by atoms with Gasteiger partial charge >= 0.3 is 0 Å². The van der Waals surface area contributed by atoms with Crippen LogP contribution in [0.1, 0.15) is 31.2 Å². The van der Waals surface area contributed by atoms with Gasteiger partial charge in [-0.1, -0.05) is 23.8 Å². The number of nitrogens with one attached hydrogen (secondary N) is 1. The van der Waals surface area contributed by atoms with E-state index in [0.29, 0.717) is 36.3 Å². The van der Waals surface area contributed by atoms with Crippen molar-refractivity contribution in [2.75, 3.05) is 13.2 Å². The lowest BCUT2D eigenvalue weighted by Gasteiger charge is -2.18. The third-order valence-electron chi connectivity index (χ3n) is 3.97. The summed E-state index contributed by atoms with van der Waals surface area (Å²) in [6.45, 7) is 1.68. The Labute approximate surface area is 135 Å². The first-order valence-electron chi connectivity index (χ1n) is 7.75. The summed E-state index contributed by atoms with van der Waals surface area (Å²) in [5, 5.41) is 3.52. The van der Waals surface area contributed by atoms with Crippen molar-refractivity contribution in [3.05, 3.63) is 34.9 Å². The maximum Gasteiger partial charge on any atom is 0.223 e. The van der Waals surface area contributed by atoms with E-state index in [-0.39, 0.29) is 11.8 Å². The summed E-state index contributed by atoms with van der Waals surface area (Å²) in [6.07, 6.45) is 7.78. The summed E-state index contributed by atoms with van der Waals surface area (Å²) in [5.41, 5.74) is 0.925. The normalized spacial score (nSPS) is 20.3. The highest BCUT2D eigenvalue weighted by Gasteiger charge is 2.19. The predicted octanol–water partition coefficient (Wildman–Crippen LogP) is 3.47. The third-order valence-corrected chi connectivity index (χ3v) is 4.25. The number of amides is 1. The lowest BCUT2D eigenvalue weighted by molar-refractivity contribution is -0.125. The molecule has 1 N–H and O–H groups in total. The molecule has 1 aromatic carbocycles. The van der Waals surface area contributed by atoms with Crippen LogP contribution in [-0.2, 0) is 11.3 Å². The fourth-order valence-electron chi connectivity index (χ4n) is 2.75. The molecule has 1 aliphatic carbocycles. The predicted molar refractivity (Wildman–Crippen MR) is 85.4 cm³/mol. The SMILES string of the molecule is O=C(NCc1cc(Cl)c2c(c1)OCCCO2)C1CC=CCC1. The van der Waals surface area contributed by atoms with Crippen molar-refractivity contribution in [3.8, 4) is 11.5 Å². The van der Waals surface area contributed by atoms with Gasteiger partial charge in [0, 0.05) is 18.9 Å². The van der Waals surface area contributed by atoms with Gasteiger partial charge in [-0.3, -0.25) is 4.79 Å². The van der Waals surface area contributed by atoms with Crippen LogP contribution < -0.4 is 14.8 Å². The van der Waals surface area contributed by atoms with Crippen molar-refractivity contribution in [2.24, 2.45) is 5.92 Å². The summed E-state index contributed by atoms with van der Waals surface area (Å²) in [4.78, 5) is 12.2. The van der Waals surface area contributed by atoms with Crippen LogP contribution in [0.25, 0.3) is 0 Å². The lowest BCUT2D eigenvalue weighted by Crippen LogP contribution is -2.30. The zero-order valence-corrected chi connectivity index (χ0v) is 13.2. The second kappa shape index (κ2) is 7.05. The largest absolute Gasteiger partial charge is 0.489 e. The van der Waals surface area contributed by atoms with Crippen LogP contribution in [0.15, 0.2) is 24.3 Å². The Balaban J connectivity index is 1.65. The molecule has 0 aromatic heterocycles. The highest BCUT2D eigenvalue weighted by molar-refractivity contribution is 6.32. The molecule has 22 heavy (non-hydrogen) atoms. The van der Waals surface area contributed by atoms with Gasteiger partial charge in [0.2, 0.25) is 5.91 Å². The topological polar surface area (TPSA) is 47.6 Å². The van der Waals surface area contributed by atoms with Crippen LogP contribution in [0, 0.1) is 5.92 Å². The molecule has 3 rings (SSSR count). The van der Waals surface area contributed by atoms with Crippen molar-refractivity contribution >= 4 is 17.5 Å². The minimum Gasteiger partial charge on any atom is -0.489 e. The summed E-state index contributed by atoms with van der Waals surface area (Å²) in [7, 11) is 0. The zero-order valence-electron chi connectivity index (χ0n) is 12.4. The first kappa shape index (κ1) is 15.2. The number of carbonyl (C=O) groups is 1. The second-order valence-corrected chi connectivity index (χ2v) is 6.06. The second-order valence-electron chi connectivity index (χ2n) is 5.65. The molecule has 1 aliphatic heterocycles. The van der Waals surface area contributed by atoms with Crippen LogP contribution in [0.5, 0.6) is 11.5 Å². The van der Waals surface area contributed by atoms with Crippen LogP contribution >= 0.6 is 11.6 Å². The number of ether oxygens (including phenoxy) is 2. The van der Waals surface area contributed by atoms with Crippen molar-refractivity contribution < 1.29 is 14.3 Å². The van der Waals surface area contributed by atoms with Gasteiger partial charge in [-0.2, -0.15) is 0 Å². The molecule has 0 radical (unpaired) electrons. The Morgan fingerprint density at radius 1 is 1.27 bits per heavy atom. The van der Waals surface area contributed by atoms with Gasteiger partial charge in [0.1, 0.15) is 0 Å². The minimum absolute atomic E-state index is 0.0842. The van der Waals surface area contributed by atoms with E-state index in [1.54, 1.807) is 0 Å². The molecule has 118 valence electrons. The van der Waals surface area contributed by atoms with Crippen LogP contribution in [0.3, 0.4) is 0 Å². The van der Waals surface area contributed by atoms with E-state index >= 15 is 0 Å². The standard InChI is InChI=1S/C17H20ClNO3/c18-14-9-12(10-15-16(14)22-8-4-7-21-15)11-19-17(20)13-5-2-1-3-6-13/h1-2,9-10,13H,3-8,11H2,(H,19,20). The molecule has 1 unspecified atom stereocenters. The Bertz CT molecular complexity index is 586. The smallest absolute Gasteiger partial charge is 0.223 e. The molecule has 4 nitrogen and oxygen atoms in total. The highest BCUT2D eigenvalue weighted by atomic mass is 35.5. The molecule has 1 aromatic rings. The Morgan fingerprint density at radius 2 is 2.14 bits per heavy atom.